The molecule has 4 N–H and O–H groups in total. The first-order valence-corrected chi connectivity index (χ1v) is 7.03. The Kier molecular flexibility index (Phi) is 7.20. The number of aliphatic hydroxyl groups is 4. The molecule has 1 unspecified atom stereocenters. The fourth-order valence-corrected chi connectivity index (χ4v) is 2.50. The lowest BCUT2D eigenvalue weighted by Crippen LogP contribution is -2.63. The van der Waals surface area contributed by atoms with E-state index in [-0.39, 0.29) is 0 Å². The molecular formula is C13H27NO5. The molecular weight excluding hydrogens is 250 g/mol. The lowest BCUT2D eigenvalue weighted by atomic mass is 9.96. The first-order valence-electron chi connectivity index (χ1n) is 7.03. The van der Waals surface area contributed by atoms with Crippen LogP contribution in [0.1, 0.15) is 32.6 Å². The zero-order chi connectivity index (χ0) is 14.4. The van der Waals surface area contributed by atoms with Gasteiger partial charge in [0.15, 0.2) is 6.29 Å². The molecule has 0 aliphatic carbocycles. The maximum absolute atomic E-state index is 10.0. The Morgan fingerprint density at radius 2 is 1.74 bits per heavy atom. The SMILES string of the molecule is CCCCCCN(C)[C@H]1C(O)O[C@H](CO)[C@@H](O)[C@@H]1O. The van der Waals surface area contributed by atoms with Crippen LogP contribution in [0.5, 0.6) is 0 Å². The van der Waals surface area contributed by atoms with Crippen molar-refractivity contribution >= 4 is 0 Å². The summed E-state index contributed by atoms with van der Waals surface area (Å²) in [4.78, 5) is 1.81. The third-order valence-corrected chi connectivity index (χ3v) is 3.74. The van der Waals surface area contributed by atoms with Gasteiger partial charge in [0.1, 0.15) is 18.3 Å². The summed E-state index contributed by atoms with van der Waals surface area (Å²) in [6.07, 6.45) is -0.0642. The van der Waals surface area contributed by atoms with Crippen LogP contribution in [-0.2, 0) is 4.74 Å². The van der Waals surface area contributed by atoms with Crippen LogP contribution in [0.25, 0.3) is 0 Å². The molecule has 0 radical (unpaired) electrons. The molecule has 0 aromatic heterocycles. The molecule has 0 aromatic carbocycles. The lowest BCUT2D eigenvalue weighted by Gasteiger charge is -2.44. The van der Waals surface area contributed by atoms with Crippen LogP contribution < -0.4 is 0 Å². The number of aliphatic hydroxyl groups excluding tert-OH is 4. The third-order valence-electron chi connectivity index (χ3n) is 3.74. The first kappa shape index (κ1) is 16.8. The van der Waals surface area contributed by atoms with Crippen LogP contribution in [0.2, 0.25) is 0 Å². The number of ether oxygens (including phenoxy) is 1. The van der Waals surface area contributed by atoms with Crippen molar-refractivity contribution in [2.45, 2.75) is 63.3 Å². The Balaban J connectivity index is 2.50. The molecule has 6 nitrogen and oxygen atoms in total. The highest BCUT2D eigenvalue weighted by molar-refractivity contribution is 4.93. The van der Waals surface area contributed by atoms with E-state index in [1.54, 1.807) is 7.05 Å². The van der Waals surface area contributed by atoms with E-state index in [9.17, 15) is 15.3 Å². The van der Waals surface area contributed by atoms with E-state index in [0.717, 1.165) is 32.2 Å². The van der Waals surface area contributed by atoms with Crippen molar-refractivity contribution in [1.29, 1.82) is 0 Å². The van der Waals surface area contributed by atoms with Gasteiger partial charge in [-0.05, 0) is 20.0 Å². The average Bonchev–Trinajstić information content (AvgIpc) is 2.39. The number of hydrogen-bond donors (Lipinski definition) is 4. The second-order valence-electron chi connectivity index (χ2n) is 5.26. The van der Waals surface area contributed by atoms with E-state index >= 15 is 0 Å². The quantitative estimate of drug-likeness (QED) is 0.460. The molecule has 1 aliphatic rings. The summed E-state index contributed by atoms with van der Waals surface area (Å²) in [5.41, 5.74) is 0. The zero-order valence-electron chi connectivity index (χ0n) is 11.8. The number of hydrogen-bond acceptors (Lipinski definition) is 6. The van der Waals surface area contributed by atoms with Crippen LogP contribution in [0, 0.1) is 0 Å². The number of likely N-dealkylation sites (N-methyl/N-ethyl adjacent to an activating group) is 1. The van der Waals surface area contributed by atoms with E-state index in [1.165, 1.54) is 0 Å². The van der Waals surface area contributed by atoms with E-state index in [2.05, 4.69) is 6.92 Å². The van der Waals surface area contributed by atoms with Crippen LogP contribution >= 0.6 is 0 Å². The summed E-state index contributed by atoms with van der Waals surface area (Å²) in [5, 5.41) is 38.7. The molecule has 19 heavy (non-hydrogen) atoms. The van der Waals surface area contributed by atoms with E-state index in [1.807, 2.05) is 4.90 Å². The summed E-state index contributed by atoms with van der Waals surface area (Å²) >= 11 is 0. The molecule has 6 heteroatoms. The molecule has 5 atom stereocenters. The smallest absolute Gasteiger partial charge is 0.173 e. The van der Waals surface area contributed by atoms with Gasteiger partial charge in [-0.2, -0.15) is 0 Å². The summed E-state index contributed by atoms with van der Waals surface area (Å²) < 4.78 is 5.13. The van der Waals surface area contributed by atoms with Gasteiger partial charge in [0, 0.05) is 0 Å². The van der Waals surface area contributed by atoms with Gasteiger partial charge in [0.05, 0.1) is 12.6 Å². The average molecular weight is 277 g/mol. The Morgan fingerprint density at radius 1 is 1.05 bits per heavy atom. The molecule has 1 rings (SSSR count). The summed E-state index contributed by atoms with van der Waals surface area (Å²) in [6.45, 7) is 2.43. The standard InChI is InChI=1S/C13H27NO5/c1-3-4-5-6-7-14(2)10-12(17)11(16)9(8-15)19-13(10)18/h9-13,15-18H,3-8H2,1-2H3/t9-,10-,11-,12-,13?/m1/s1. The summed E-state index contributed by atoms with van der Waals surface area (Å²) in [5.74, 6) is 0. The van der Waals surface area contributed by atoms with Gasteiger partial charge in [-0.3, -0.25) is 4.90 Å². The number of rotatable bonds is 7. The number of unbranched alkanes of at least 4 members (excludes halogenated alkanes) is 3. The molecule has 0 saturated carbocycles. The van der Waals surface area contributed by atoms with Crippen molar-refractivity contribution in [1.82, 2.24) is 4.90 Å². The maximum Gasteiger partial charge on any atom is 0.173 e. The molecule has 0 bridgehead atoms. The van der Waals surface area contributed by atoms with Gasteiger partial charge in [-0.15, -0.1) is 0 Å². The topological polar surface area (TPSA) is 93.4 Å². The van der Waals surface area contributed by atoms with Crippen LogP contribution in [-0.4, -0.2) is 76.2 Å². The fourth-order valence-electron chi connectivity index (χ4n) is 2.50. The zero-order valence-corrected chi connectivity index (χ0v) is 11.8. The van der Waals surface area contributed by atoms with Gasteiger partial charge in [0.2, 0.25) is 0 Å². The van der Waals surface area contributed by atoms with Crippen molar-refractivity contribution in [3.05, 3.63) is 0 Å². The Hall–Kier alpha value is -0.240. The molecule has 114 valence electrons. The number of nitrogens with zero attached hydrogens (tertiary/aromatic N) is 1. The normalized spacial score (nSPS) is 35.8. The Bertz CT molecular complexity index is 253. The van der Waals surface area contributed by atoms with Crippen molar-refractivity contribution in [2.75, 3.05) is 20.2 Å². The fraction of sp³-hybridized carbons (Fsp3) is 1.00. The predicted molar refractivity (Wildman–Crippen MR) is 70.5 cm³/mol. The predicted octanol–water partition coefficient (Wildman–Crippen LogP) is -0.702. The molecule has 1 saturated heterocycles. The first-order chi connectivity index (χ1) is 9.02. The third kappa shape index (κ3) is 4.37. The van der Waals surface area contributed by atoms with E-state index in [4.69, 9.17) is 9.84 Å². The highest BCUT2D eigenvalue weighted by Crippen LogP contribution is 2.23. The van der Waals surface area contributed by atoms with Gasteiger partial charge >= 0.3 is 0 Å². The van der Waals surface area contributed by atoms with Crippen LogP contribution in [0.4, 0.5) is 0 Å². The monoisotopic (exact) mass is 277 g/mol. The highest BCUT2D eigenvalue weighted by atomic mass is 16.6. The van der Waals surface area contributed by atoms with Crippen LogP contribution in [0.3, 0.4) is 0 Å². The minimum atomic E-state index is -1.20. The van der Waals surface area contributed by atoms with Gasteiger partial charge in [-0.25, -0.2) is 0 Å². The van der Waals surface area contributed by atoms with Crippen molar-refractivity contribution in [3.63, 3.8) is 0 Å². The van der Waals surface area contributed by atoms with Crippen molar-refractivity contribution < 1.29 is 25.2 Å². The molecule has 0 amide bonds. The molecule has 1 aliphatic heterocycles. The molecule has 1 heterocycles. The lowest BCUT2D eigenvalue weighted by molar-refractivity contribution is -0.270. The minimum Gasteiger partial charge on any atom is -0.394 e. The van der Waals surface area contributed by atoms with Crippen molar-refractivity contribution in [3.8, 4) is 0 Å². The Morgan fingerprint density at radius 3 is 2.32 bits per heavy atom. The van der Waals surface area contributed by atoms with Gasteiger partial charge in [-0.1, -0.05) is 26.2 Å². The largest absolute Gasteiger partial charge is 0.394 e. The highest BCUT2D eigenvalue weighted by Gasteiger charge is 2.45. The Labute approximate surface area is 114 Å². The van der Waals surface area contributed by atoms with Crippen molar-refractivity contribution in [2.24, 2.45) is 0 Å². The molecule has 0 aromatic rings. The minimum absolute atomic E-state index is 0.428. The second-order valence-corrected chi connectivity index (χ2v) is 5.26. The summed E-state index contributed by atoms with van der Waals surface area (Å²) in [6, 6.07) is -0.667. The molecule has 0 spiro atoms. The van der Waals surface area contributed by atoms with Gasteiger partial charge < -0.3 is 25.2 Å². The summed E-state index contributed by atoms with van der Waals surface area (Å²) in [7, 11) is 1.79. The van der Waals surface area contributed by atoms with E-state index < -0.39 is 37.3 Å². The van der Waals surface area contributed by atoms with E-state index in [0.29, 0.717) is 0 Å². The second kappa shape index (κ2) is 8.14. The van der Waals surface area contributed by atoms with Gasteiger partial charge in [0.25, 0.3) is 0 Å². The molecule has 1 fully saturated rings. The maximum atomic E-state index is 10.0. The van der Waals surface area contributed by atoms with Crippen LogP contribution in [0.15, 0.2) is 0 Å².